The van der Waals surface area contributed by atoms with Crippen molar-refractivity contribution >= 4 is 5.97 Å². The van der Waals surface area contributed by atoms with Crippen LogP contribution in [0.15, 0.2) is 0 Å². The predicted octanol–water partition coefficient (Wildman–Crippen LogP) is 2.08. The van der Waals surface area contributed by atoms with Gasteiger partial charge in [0.1, 0.15) is 5.60 Å². The third-order valence-corrected chi connectivity index (χ3v) is 1.02. The first-order valence-electron chi connectivity index (χ1n) is 3.73. The maximum atomic E-state index is 12.6. The zero-order valence-corrected chi connectivity index (χ0v) is 7.48. The summed E-state index contributed by atoms with van der Waals surface area (Å²) in [6.07, 6.45) is -1.30. The van der Waals surface area contributed by atoms with Crippen molar-refractivity contribution in [2.45, 2.75) is 45.9 Å². The van der Waals surface area contributed by atoms with Crippen molar-refractivity contribution in [2.75, 3.05) is 0 Å². The van der Waals surface area contributed by atoms with E-state index < -0.39 is 17.7 Å². The molecule has 11 heavy (non-hydrogen) atoms. The average molecular weight is 162 g/mol. The normalized spacial score (nSPS) is 14.3. The molecule has 0 saturated heterocycles. The fraction of sp³-hybridized carbons (Fsp3) is 0.875. The standard InChI is InChI=1S/C8H15FO2/c1-5-6(9)7(10)11-8(2,3)4/h6H,5H2,1-4H3. The summed E-state index contributed by atoms with van der Waals surface area (Å²) in [5.41, 5.74) is -0.587. The second kappa shape index (κ2) is 3.69. The molecule has 0 bridgehead atoms. The first-order chi connectivity index (χ1) is 4.87. The summed E-state index contributed by atoms with van der Waals surface area (Å²) < 4.78 is 17.4. The summed E-state index contributed by atoms with van der Waals surface area (Å²) in [4.78, 5) is 10.8. The van der Waals surface area contributed by atoms with Crippen molar-refractivity contribution in [3.05, 3.63) is 0 Å². The summed E-state index contributed by atoms with van der Waals surface area (Å²) in [7, 11) is 0. The third-order valence-electron chi connectivity index (χ3n) is 1.02. The lowest BCUT2D eigenvalue weighted by Crippen LogP contribution is -2.29. The molecule has 0 amide bonds. The van der Waals surface area contributed by atoms with Crippen LogP contribution in [0.5, 0.6) is 0 Å². The first-order valence-corrected chi connectivity index (χ1v) is 3.73. The van der Waals surface area contributed by atoms with Crippen LogP contribution in [-0.2, 0) is 9.53 Å². The summed E-state index contributed by atoms with van der Waals surface area (Å²) in [5.74, 6) is -0.764. The second-order valence-corrected chi connectivity index (χ2v) is 3.41. The number of carbonyl (C=O) groups excluding carboxylic acids is 1. The van der Waals surface area contributed by atoms with Crippen LogP contribution in [0.1, 0.15) is 34.1 Å². The molecule has 0 heterocycles. The van der Waals surface area contributed by atoms with Crippen LogP contribution in [-0.4, -0.2) is 17.7 Å². The molecule has 0 aliphatic carbocycles. The molecule has 0 aliphatic heterocycles. The summed E-state index contributed by atoms with van der Waals surface area (Å²) in [6, 6.07) is 0. The molecule has 0 N–H and O–H groups in total. The highest BCUT2D eigenvalue weighted by molar-refractivity contribution is 5.74. The van der Waals surface area contributed by atoms with E-state index in [0.717, 1.165) is 0 Å². The Balaban J connectivity index is 3.88. The van der Waals surface area contributed by atoms with Crippen molar-refractivity contribution < 1.29 is 13.9 Å². The minimum Gasteiger partial charge on any atom is -0.458 e. The van der Waals surface area contributed by atoms with E-state index in [-0.39, 0.29) is 6.42 Å². The van der Waals surface area contributed by atoms with Gasteiger partial charge in [0.15, 0.2) is 6.17 Å². The molecule has 0 fully saturated rings. The number of esters is 1. The van der Waals surface area contributed by atoms with Crippen molar-refractivity contribution in [1.29, 1.82) is 0 Å². The quantitative estimate of drug-likeness (QED) is 0.581. The molecule has 0 rings (SSSR count). The molecule has 0 saturated carbocycles. The monoisotopic (exact) mass is 162 g/mol. The van der Waals surface area contributed by atoms with Gasteiger partial charge in [-0.3, -0.25) is 0 Å². The average Bonchev–Trinajstić information content (AvgIpc) is 1.82. The Labute approximate surface area is 66.7 Å². The van der Waals surface area contributed by atoms with Crippen molar-refractivity contribution in [1.82, 2.24) is 0 Å². The highest BCUT2D eigenvalue weighted by Gasteiger charge is 2.22. The molecule has 0 spiro atoms. The highest BCUT2D eigenvalue weighted by Crippen LogP contribution is 2.10. The SMILES string of the molecule is CCC(F)C(=O)OC(C)(C)C. The van der Waals surface area contributed by atoms with Crippen LogP contribution < -0.4 is 0 Å². The van der Waals surface area contributed by atoms with E-state index in [1.165, 1.54) is 0 Å². The Morgan fingerprint density at radius 1 is 1.55 bits per heavy atom. The minimum absolute atomic E-state index is 0.176. The lowest BCUT2D eigenvalue weighted by Gasteiger charge is -2.20. The Bertz CT molecular complexity index is 138. The number of hydrogen-bond acceptors (Lipinski definition) is 2. The van der Waals surface area contributed by atoms with Gasteiger partial charge >= 0.3 is 5.97 Å². The molecular formula is C8H15FO2. The minimum atomic E-state index is -1.48. The number of halogens is 1. The van der Waals surface area contributed by atoms with Crippen molar-refractivity contribution in [3.8, 4) is 0 Å². The molecule has 0 aromatic carbocycles. The maximum Gasteiger partial charge on any atom is 0.341 e. The summed E-state index contributed by atoms with van der Waals surface area (Å²) in [5, 5.41) is 0. The van der Waals surface area contributed by atoms with Gasteiger partial charge in [0.25, 0.3) is 0 Å². The van der Waals surface area contributed by atoms with Gasteiger partial charge in [0.2, 0.25) is 0 Å². The zero-order valence-electron chi connectivity index (χ0n) is 7.48. The Morgan fingerprint density at radius 3 is 2.27 bits per heavy atom. The summed E-state index contributed by atoms with van der Waals surface area (Å²) in [6.45, 7) is 6.75. The molecule has 1 atom stereocenters. The van der Waals surface area contributed by atoms with E-state index in [2.05, 4.69) is 0 Å². The molecule has 3 heteroatoms. The van der Waals surface area contributed by atoms with Gasteiger partial charge in [-0.25, -0.2) is 9.18 Å². The smallest absolute Gasteiger partial charge is 0.341 e. The topological polar surface area (TPSA) is 26.3 Å². The largest absolute Gasteiger partial charge is 0.458 e. The van der Waals surface area contributed by atoms with Crippen molar-refractivity contribution in [2.24, 2.45) is 0 Å². The van der Waals surface area contributed by atoms with E-state index in [9.17, 15) is 9.18 Å². The molecule has 66 valence electrons. The molecule has 1 unspecified atom stereocenters. The van der Waals surface area contributed by atoms with Gasteiger partial charge in [-0.2, -0.15) is 0 Å². The lowest BCUT2D eigenvalue weighted by molar-refractivity contribution is -0.161. The van der Waals surface area contributed by atoms with Gasteiger partial charge in [0, 0.05) is 0 Å². The third kappa shape index (κ3) is 4.76. The Kier molecular flexibility index (Phi) is 3.49. The molecule has 0 radical (unpaired) electrons. The first kappa shape index (κ1) is 10.4. The van der Waals surface area contributed by atoms with Crippen LogP contribution in [0.3, 0.4) is 0 Å². The predicted molar refractivity (Wildman–Crippen MR) is 41.0 cm³/mol. The molecule has 2 nitrogen and oxygen atoms in total. The highest BCUT2D eigenvalue weighted by atomic mass is 19.1. The van der Waals surface area contributed by atoms with Crippen molar-refractivity contribution in [3.63, 3.8) is 0 Å². The molecule has 0 aromatic heterocycles. The van der Waals surface area contributed by atoms with E-state index in [1.54, 1.807) is 27.7 Å². The van der Waals surface area contributed by atoms with E-state index >= 15 is 0 Å². The fourth-order valence-electron chi connectivity index (χ4n) is 0.532. The molecular weight excluding hydrogens is 147 g/mol. The zero-order chi connectivity index (χ0) is 9.07. The van der Waals surface area contributed by atoms with Gasteiger partial charge < -0.3 is 4.74 Å². The number of alkyl halides is 1. The number of carbonyl (C=O) groups is 1. The van der Waals surface area contributed by atoms with Crippen LogP contribution in [0.2, 0.25) is 0 Å². The van der Waals surface area contributed by atoms with E-state index in [4.69, 9.17) is 4.74 Å². The van der Waals surface area contributed by atoms with Gasteiger partial charge in [-0.05, 0) is 27.2 Å². The number of rotatable bonds is 2. The van der Waals surface area contributed by atoms with Crippen LogP contribution in [0.25, 0.3) is 0 Å². The molecule has 0 aromatic rings. The summed E-state index contributed by atoms with van der Waals surface area (Å²) >= 11 is 0. The fourth-order valence-corrected chi connectivity index (χ4v) is 0.532. The van der Waals surface area contributed by atoms with Gasteiger partial charge in [-0.1, -0.05) is 6.92 Å². The number of ether oxygens (including phenoxy) is 1. The van der Waals surface area contributed by atoms with Crippen LogP contribution in [0, 0.1) is 0 Å². The van der Waals surface area contributed by atoms with E-state index in [1.807, 2.05) is 0 Å². The van der Waals surface area contributed by atoms with Gasteiger partial charge in [-0.15, -0.1) is 0 Å². The van der Waals surface area contributed by atoms with Crippen LogP contribution >= 0.6 is 0 Å². The van der Waals surface area contributed by atoms with E-state index in [0.29, 0.717) is 0 Å². The lowest BCUT2D eigenvalue weighted by atomic mass is 10.2. The Hall–Kier alpha value is -0.600. The second-order valence-electron chi connectivity index (χ2n) is 3.41. The maximum absolute atomic E-state index is 12.6. The van der Waals surface area contributed by atoms with Crippen LogP contribution in [0.4, 0.5) is 4.39 Å². The molecule has 0 aliphatic rings. The Morgan fingerprint density at radius 2 is 2.00 bits per heavy atom. The van der Waals surface area contributed by atoms with Gasteiger partial charge in [0.05, 0.1) is 0 Å². The number of hydrogen-bond donors (Lipinski definition) is 0.